The zero-order valence-corrected chi connectivity index (χ0v) is 8.20. The number of rotatable bonds is 3. The van der Waals surface area contributed by atoms with Crippen molar-refractivity contribution in [1.29, 1.82) is 0 Å². The molecule has 0 aromatic heterocycles. The van der Waals surface area contributed by atoms with Crippen molar-refractivity contribution in [1.82, 2.24) is 0 Å². The summed E-state index contributed by atoms with van der Waals surface area (Å²) in [5.41, 5.74) is 2.51. The number of hydrogen-bond acceptors (Lipinski definition) is 1. The monoisotopic (exact) mass is 176 g/mol. The van der Waals surface area contributed by atoms with Crippen LogP contribution in [0.2, 0.25) is 0 Å². The predicted octanol–water partition coefficient (Wildman–Crippen LogP) is 2.73. The Labute approximate surface area is 79.7 Å². The summed E-state index contributed by atoms with van der Waals surface area (Å²) in [6.07, 6.45) is 1.86. The quantitative estimate of drug-likeness (QED) is 0.702. The molecular formula is C12H16O. The van der Waals surface area contributed by atoms with Gasteiger partial charge < -0.3 is 5.11 Å². The summed E-state index contributed by atoms with van der Waals surface area (Å²) in [5.74, 6) is 0.397. The van der Waals surface area contributed by atoms with E-state index in [4.69, 9.17) is 5.11 Å². The second kappa shape index (κ2) is 4.83. The fraction of sp³-hybridized carbons (Fsp3) is 0.333. The SMILES string of the molecule is C/C(=C\CO)[C@@H](C)c1ccccc1. The van der Waals surface area contributed by atoms with Crippen LogP contribution >= 0.6 is 0 Å². The van der Waals surface area contributed by atoms with Crippen LogP contribution in [0.25, 0.3) is 0 Å². The summed E-state index contributed by atoms with van der Waals surface area (Å²) < 4.78 is 0. The number of allylic oxidation sites excluding steroid dienone is 1. The largest absolute Gasteiger partial charge is 0.392 e. The van der Waals surface area contributed by atoms with E-state index in [1.54, 1.807) is 0 Å². The summed E-state index contributed by atoms with van der Waals surface area (Å²) in [5, 5.41) is 8.76. The molecule has 0 aliphatic rings. The summed E-state index contributed by atoms with van der Waals surface area (Å²) in [4.78, 5) is 0. The van der Waals surface area contributed by atoms with Crippen molar-refractivity contribution < 1.29 is 5.11 Å². The van der Waals surface area contributed by atoms with Gasteiger partial charge in [0.15, 0.2) is 0 Å². The van der Waals surface area contributed by atoms with Gasteiger partial charge in [0.25, 0.3) is 0 Å². The van der Waals surface area contributed by atoms with Crippen LogP contribution in [-0.4, -0.2) is 11.7 Å². The van der Waals surface area contributed by atoms with Crippen molar-refractivity contribution in [3.8, 4) is 0 Å². The lowest BCUT2D eigenvalue weighted by Gasteiger charge is -2.12. The van der Waals surface area contributed by atoms with Crippen LogP contribution in [0.5, 0.6) is 0 Å². The normalized spacial score (nSPS) is 14.2. The van der Waals surface area contributed by atoms with Gasteiger partial charge in [0, 0.05) is 5.92 Å². The molecule has 0 saturated heterocycles. The Morgan fingerprint density at radius 1 is 1.38 bits per heavy atom. The molecule has 1 aromatic rings. The van der Waals surface area contributed by atoms with E-state index in [1.165, 1.54) is 11.1 Å². The van der Waals surface area contributed by atoms with Crippen LogP contribution in [0.3, 0.4) is 0 Å². The summed E-state index contributed by atoms with van der Waals surface area (Å²) in [6.45, 7) is 4.33. The number of benzene rings is 1. The van der Waals surface area contributed by atoms with Crippen LogP contribution < -0.4 is 0 Å². The average Bonchev–Trinajstić information content (AvgIpc) is 2.18. The minimum Gasteiger partial charge on any atom is -0.392 e. The first-order valence-electron chi connectivity index (χ1n) is 4.58. The molecule has 0 aliphatic heterocycles. The molecule has 0 amide bonds. The Hall–Kier alpha value is -1.08. The standard InChI is InChI=1S/C12H16O/c1-10(8-9-13)11(2)12-6-4-3-5-7-12/h3-8,11,13H,9H2,1-2H3/b10-8+/t11-/m1/s1. The number of aliphatic hydroxyl groups excluding tert-OH is 1. The predicted molar refractivity (Wildman–Crippen MR) is 55.7 cm³/mol. The lowest BCUT2D eigenvalue weighted by atomic mass is 9.94. The highest BCUT2D eigenvalue weighted by molar-refractivity contribution is 5.26. The molecule has 1 nitrogen and oxygen atoms in total. The average molecular weight is 176 g/mol. The summed E-state index contributed by atoms with van der Waals surface area (Å²) >= 11 is 0. The first kappa shape index (κ1) is 10.0. The summed E-state index contributed by atoms with van der Waals surface area (Å²) in [7, 11) is 0. The molecule has 1 rings (SSSR count). The highest BCUT2D eigenvalue weighted by atomic mass is 16.2. The van der Waals surface area contributed by atoms with Crippen molar-refractivity contribution in [2.45, 2.75) is 19.8 Å². The van der Waals surface area contributed by atoms with Gasteiger partial charge in [-0.05, 0) is 12.5 Å². The Morgan fingerprint density at radius 2 is 2.00 bits per heavy atom. The maximum atomic E-state index is 8.76. The van der Waals surface area contributed by atoms with Gasteiger partial charge >= 0.3 is 0 Å². The highest BCUT2D eigenvalue weighted by Crippen LogP contribution is 2.22. The van der Waals surface area contributed by atoms with Crippen molar-refractivity contribution in [3.05, 3.63) is 47.5 Å². The zero-order chi connectivity index (χ0) is 9.68. The van der Waals surface area contributed by atoms with Crippen LogP contribution in [-0.2, 0) is 0 Å². The molecular weight excluding hydrogens is 160 g/mol. The minimum absolute atomic E-state index is 0.128. The Balaban J connectivity index is 2.79. The third kappa shape index (κ3) is 2.71. The second-order valence-corrected chi connectivity index (χ2v) is 3.26. The molecule has 0 aliphatic carbocycles. The topological polar surface area (TPSA) is 20.2 Å². The third-order valence-electron chi connectivity index (χ3n) is 2.40. The highest BCUT2D eigenvalue weighted by Gasteiger charge is 2.05. The van der Waals surface area contributed by atoms with Gasteiger partial charge in [0.1, 0.15) is 0 Å². The van der Waals surface area contributed by atoms with Crippen LogP contribution in [0, 0.1) is 0 Å². The van der Waals surface area contributed by atoms with Gasteiger partial charge in [-0.15, -0.1) is 0 Å². The van der Waals surface area contributed by atoms with E-state index in [-0.39, 0.29) is 6.61 Å². The molecule has 0 radical (unpaired) electrons. The van der Waals surface area contributed by atoms with E-state index in [2.05, 4.69) is 19.1 Å². The third-order valence-corrected chi connectivity index (χ3v) is 2.40. The van der Waals surface area contributed by atoms with Crippen molar-refractivity contribution in [2.24, 2.45) is 0 Å². The molecule has 0 bridgehead atoms. The second-order valence-electron chi connectivity index (χ2n) is 3.26. The molecule has 1 heteroatoms. The van der Waals surface area contributed by atoms with E-state index in [9.17, 15) is 0 Å². The van der Waals surface area contributed by atoms with Crippen LogP contribution in [0.4, 0.5) is 0 Å². The Kier molecular flexibility index (Phi) is 3.71. The molecule has 0 fully saturated rings. The molecule has 1 atom stereocenters. The Bertz CT molecular complexity index is 274. The van der Waals surface area contributed by atoms with Crippen LogP contribution in [0.15, 0.2) is 42.0 Å². The van der Waals surface area contributed by atoms with Gasteiger partial charge in [0.05, 0.1) is 6.61 Å². The zero-order valence-electron chi connectivity index (χ0n) is 8.20. The van der Waals surface area contributed by atoms with E-state index < -0.39 is 0 Å². The fourth-order valence-corrected chi connectivity index (χ4v) is 1.33. The molecule has 1 aromatic carbocycles. The van der Waals surface area contributed by atoms with Crippen molar-refractivity contribution in [3.63, 3.8) is 0 Å². The van der Waals surface area contributed by atoms with E-state index >= 15 is 0 Å². The smallest absolute Gasteiger partial charge is 0.0615 e. The lowest BCUT2D eigenvalue weighted by molar-refractivity contribution is 0.341. The molecule has 0 spiro atoms. The molecule has 0 saturated carbocycles. The lowest BCUT2D eigenvalue weighted by Crippen LogP contribution is -1.95. The number of hydrogen-bond donors (Lipinski definition) is 1. The van der Waals surface area contributed by atoms with Crippen molar-refractivity contribution >= 4 is 0 Å². The first-order chi connectivity index (χ1) is 6.25. The van der Waals surface area contributed by atoms with Gasteiger partial charge in [-0.2, -0.15) is 0 Å². The van der Waals surface area contributed by atoms with Crippen LogP contribution in [0.1, 0.15) is 25.3 Å². The Morgan fingerprint density at radius 3 is 2.54 bits per heavy atom. The molecule has 70 valence electrons. The molecule has 0 unspecified atom stereocenters. The van der Waals surface area contributed by atoms with Gasteiger partial charge in [-0.25, -0.2) is 0 Å². The molecule has 1 N–H and O–H groups in total. The van der Waals surface area contributed by atoms with E-state index in [0.717, 1.165) is 0 Å². The fourth-order valence-electron chi connectivity index (χ4n) is 1.33. The minimum atomic E-state index is 0.128. The van der Waals surface area contributed by atoms with Crippen molar-refractivity contribution in [2.75, 3.05) is 6.61 Å². The van der Waals surface area contributed by atoms with Gasteiger partial charge in [-0.1, -0.05) is 48.9 Å². The molecule has 13 heavy (non-hydrogen) atoms. The van der Waals surface area contributed by atoms with Gasteiger partial charge in [0.2, 0.25) is 0 Å². The maximum Gasteiger partial charge on any atom is 0.0615 e. The summed E-state index contributed by atoms with van der Waals surface area (Å²) in [6, 6.07) is 10.3. The van der Waals surface area contributed by atoms with Gasteiger partial charge in [-0.3, -0.25) is 0 Å². The van der Waals surface area contributed by atoms with E-state index in [0.29, 0.717) is 5.92 Å². The van der Waals surface area contributed by atoms with E-state index in [1.807, 2.05) is 31.2 Å². The first-order valence-corrected chi connectivity index (χ1v) is 4.58. The molecule has 0 heterocycles. The number of aliphatic hydroxyl groups is 1. The maximum absolute atomic E-state index is 8.76.